The number of carbonyl (C=O) groups excluding carboxylic acids is 1. The lowest BCUT2D eigenvalue weighted by Gasteiger charge is -2.32. The summed E-state index contributed by atoms with van der Waals surface area (Å²) in [6.07, 6.45) is 1.37. The third kappa shape index (κ3) is 2.96. The minimum absolute atomic E-state index is 0.321. The summed E-state index contributed by atoms with van der Waals surface area (Å²) in [5.41, 5.74) is 0.758. The molecule has 0 aromatic carbocycles. The van der Waals surface area contributed by atoms with Gasteiger partial charge in [-0.2, -0.15) is 0 Å². The van der Waals surface area contributed by atoms with Crippen LogP contribution in [-0.2, 0) is 20.6 Å². The van der Waals surface area contributed by atoms with Crippen molar-refractivity contribution in [3.8, 4) is 5.88 Å². The fraction of sp³-hybridized carbons (Fsp3) is 0.625. The molecule has 0 bridgehead atoms. The number of hydrogen-bond acceptors (Lipinski definition) is 6. The fourth-order valence-corrected chi connectivity index (χ4v) is 2.70. The maximum Gasteiger partial charge on any atom is 0.496 e. The standard InChI is InChI=1S/C16H23BN2O5/c1-15(2)16(3,4)24-17(23-15)12-8-11(13(21-5)18-9-12)10-19-6-7-22-14(19)20/h8-9H,6-7,10H2,1-5H3. The Labute approximate surface area is 142 Å². The highest BCUT2D eigenvalue weighted by Gasteiger charge is 2.52. The minimum atomic E-state index is -0.502. The second-order valence-corrected chi connectivity index (χ2v) is 7.06. The first-order valence-electron chi connectivity index (χ1n) is 8.04. The Morgan fingerprint density at radius 2 is 1.96 bits per heavy atom. The zero-order valence-electron chi connectivity index (χ0n) is 14.8. The first-order chi connectivity index (χ1) is 11.2. The van der Waals surface area contributed by atoms with Crippen molar-refractivity contribution < 1.29 is 23.6 Å². The Morgan fingerprint density at radius 3 is 2.50 bits per heavy atom. The maximum absolute atomic E-state index is 11.7. The SMILES string of the molecule is COc1ncc(B2OC(C)(C)C(C)(C)O2)cc1CN1CCOC1=O. The highest BCUT2D eigenvalue weighted by Crippen LogP contribution is 2.36. The third-order valence-electron chi connectivity index (χ3n) is 4.87. The number of methoxy groups -OCH3 is 1. The average molecular weight is 334 g/mol. The molecule has 3 heterocycles. The lowest BCUT2D eigenvalue weighted by Crippen LogP contribution is -2.41. The molecule has 1 amide bonds. The van der Waals surface area contributed by atoms with Gasteiger partial charge in [0.05, 0.1) is 31.4 Å². The Hall–Kier alpha value is -1.80. The van der Waals surface area contributed by atoms with Crippen molar-refractivity contribution in [2.45, 2.75) is 45.4 Å². The van der Waals surface area contributed by atoms with Gasteiger partial charge in [0, 0.05) is 17.2 Å². The average Bonchev–Trinajstić information content (AvgIpc) is 3.00. The summed E-state index contributed by atoms with van der Waals surface area (Å²) in [6.45, 7) is 9.36. The predicted octanol–water partition coefficient (Wildman–Crippen LogP) is 1.34. The van der Waals surface area contributed by atoms with Crippen molar-refractivity contribution in [2.24, 2.45) is 0 Å². The molecule has 0 unspecified atom stereocenters. The van der Waals surface area contributed by atoms with E-state index in [2.05, 4.69) is 4.98 Å². The molecule has 130 valence electrons. The summed E-state index contributed by atoms with van der Waals surface area (Å²) in [5, 5.41) is 0. The van der Waals surface area contributed by atoms with Gasteiger partial charge in [-0.25, -0.2) is 9.78 Å². The Morgan fingerprint density at radius 1 is 1.29 bits per heavy atom. The van der Waals surface area contributed by atoms with E-state index in [1.165, 1.54) is 0 Å². The highest BCUT2D eigenvalue weighted by atomic mass is 16.7. The fourth-order valence-electron chi connectivity index (χ4n) is 2.70. The molecule has 0 aliphatic carbocycles. The Balaban J connectivity index is 1.85. The molecule has 0 spiro atoms. The molecule has 1 aromatic heterocycles. The molecule has 7 nitrogen and oxygen atoms in total. The zero-order valence-corrected chi connectivity index (χ0v) is 14.8. The van der Waals surface area contributed by atoms with Crippen LogP contribution < -0.4 is 10.2 Å². The summed E-state index contributed by atoms with van der Waals surface area (Å²) in [6, 6.07) is 1.92. The maximum atomic E-state index is 11.7. The van der Waals surface area contributed by atoms with Gasteiger partial charge >= 0.3 is 13.2 Å². The summed E-state index contributed by atoms with van der Waals surface area (Å²) in [5.74, 6) is 0.481. The third-order valence-corrected chi connectivity index (χ3v) is 4.87. The van der Waals surface area contributed by atoms with Gasteiger partial charge in [0.25, 0.3) is 0 Å². The van der Waals surface area contributed by atoms with Crippen LogP contribution >= 0.6 is 0 Å². The number of cyclic esters (lactones) is 1. The van der Waals surface area contributed by atoms with Crippen molar-refractivity contribution in [1.82, 2.24) is 9.88 Å². The van der Waals surface area contributed by atoms with Crippen LogP contribution in [0.4, 0.5) is 4.79 Å². The summed E-state index contributed by atoms with van der Waals surface area (Å²) in [7, 11) is 1.06. The topological polar surface area (TPSA) is 70.1 Å². The van der Waals surface area contributed by atoms with Gasteiger partial charge in [-0.15, -0.1) is 0 Å². The number of rotatable bonds is 4. The molecule has 0 N–H and O–H groups in total. The summed E-state index contributed by atoms with van der Waals surface area (Å²) < 4.78 is 22.4. The molecular formula is C16H23BN2O5. The van der Waals surface area contributed by atoms with E-state index in [0.717, 1.165) is 11.0 Å². The van der Waals surface area contributed by atoms with Crippen LogP contribution in [0, 0.1) is 0 Å². The van der Waals surface area contributed by atoms with Gasteiger partial charge in [-0.3, -0.25) is 0 Å². The number of carbonyl (C=O) groups is 1. The molecule has 1 aromatic rings. The van der Waals surface area contributed by atoms with Gasteiger partial charge < -0.3 is 23.7 Å². The quantitative estimate of drug-likeness (QED) is 0.774. The second kappa shape index (κ2) is 5.93. The normalized spacial score (nSPS) is 22.0. The largest absolute Gasteiger partial charge is 0.496 e. The van der Waals surface area contributed by atoms with E-state index in [9.17, 15) is 4.79 Å². The molecule has 2 fully saturated rings. The minimum Gasteiger partial charge on any atom is -0.481 e. The van der Waals surface area contributed by atoms with E-state index in [-0.39, 0.29) is 6.09 Å². The van der Waals surface area contributed by atoms with Crippen LogP contribution in [-0.4, -0.2) is 54.6 Å². The van der Waals surface area contributed by atoms with Crippen LogP contribution in [0.2, 0.25) is 0 Å². The first kappa shape index (κ1) is 17.0. The van der Waals surface area contributed by atoms with Crippen LogP contribution in [0.3, 0.4) is 0 Å². The van der Waals surface area contributed by atoms with E-state index in [0.29, 0.717) is 25.6 Å². The van der Waals surface area contributed by atoms with Gasteiger partial charge in [-0.05, 0) is 27.7 Å². The van der Waals surface area contributed by atoms with E-state index < -0.39 is 18.3 Å². The molecule has 8 heteroatoms. The molecule has 0 saturated carbocycles. The van der Waals surface area contributed by atoms with Gasteiger partial charge in [0.1, 0.15) is 6.61 Å². The number of nitrogens with zero attached hydrogens (tertiary/aromatic N) is 2. The van der Waals surface area contributed by atoms with Gasteiger partial charge in [-0.1, -0.05) is 6.07 Å². The van der Waals surface area contributed by atoms with Crippen LogP contribution in [0.25, 0.3) is 0 Å². The molecule has 0 radical (unpaired) electrons. The smallest absolute Gasteiger partial charge is 0.481 e. The lowest BCUT2D eigenvalue weighted by atomic mass is 9.79. The first-order valence-corrected chi connectivity index (χ1v) is 8.04. The van der Waals surface area contributed by atoms with Crippen LogP contribution in [0.1, 0.15) is 33.3 Å². The van der Waals surface area contributed by atoms with Gasteiger partial charge in [0.15, 0.2) is 0 Å². The summed E-state index contributed by atoms with van der Waals surface area (Å²) >= 11 is 0. The van der Waals surface area contributed by atoms with Gasteiger partial charge in [0.2, 0.25) is 5.88 Å². The van der Waals surface area contributed by atoms with Crippen molar-refractivity contribution in [1.29, 1.82) is 0 Å². The van der Waals surface area contributed by atoms with Crippen LogP contribution in [0.15, 0.2) is 12.3 Å². The van der Waals surface area contributed by atoms with E-state index in [1.807, 2.05) is 33.8 Å². The summed E-state index contributed by atoms with van der Waals surface area (Å²) in [4.78, 5) is 17.6. The number of pyridine rings is 1. The van der Waals surface area contributed by atoms with Crippen molar-refractivity contribution >= 4 is 18.7 Å². The molecule has 2 aliphatic heterocycles. The van der Waals surface area contributed by atoms with E-state index >= 15 is 0 Å². The molecule has 2 aliphatic rings. The molecular weight excluding hydrogens is 311 g/mol. The monoisotopic (exact) mass is 334 g/mol. The van der Waals surface area contributed by atoms with Crippen molar-refractivity contribution in [2.75, 3.05) is 20.3 Å². The van der Waals surface area contributed by atoms with Crippen LogP contribution in [0.5, 0.6) is 5.88 Å². The molecule has 2 saturated heterocycles. The number of ether oxygens (including phenoxy) is 2. The van der Waals surface area contributed by atoms with E-state index in [1.54, 1.807) is 18.2 Å². The Bertz CT molecular complexity index is 633. The second-order valence-electron chi connectivity index (χ2n) is 7.06. The number of hydrogen-bond donors (Lipinski definition) is 0. The molecule has 3 rings (SSSR count). The predicted molar refractivity (Wildman–Crippen MR) is 88.3 cm³/mol. The lowest BCUT2D eigenvalue weighted by molar-refractivity contribution is 0.00578. The Kier molecular flexibility index (Phi) is 4.21. The van der Waals surface area contributed by atoms with Crippen molar-refractivity contribution in [3.63, 3.8) is 0 Å². The van der Waals surface area contributed by atoms with E-state index in [4.69, 9.17) is 18.8 Å². The number of aromatic nitrogens is 1. The molecule has 0 atom stereocenters. The number of amides is 1. The molecule has 24 heavy (non-hydrogen) atoms. The highest BCUT2D eigenvalue weighted by molar-refractivity contribution is 6.62. The zero-order chi connectivity index (χ0) is 17.5. The van der Waals surface area contributed by atoms with Crippen molar-refractivity contribution in [3.05, 3.63) is 17.8 Å².